The molecule has 1 aromatic rings. The lowest BCUT2D eigenvalue weighted by molar-refractivity contribution is -0.119. The van der Waals surface area contributed by atoms with E-state index in [1.54, 1.807) is 4.68 Å². The summed E-state index contributed by atoms with van der Waals surface area (Å²) in [5.74, 6) is 0.0518. The molecule has 1 amide bonds. The molecule has 0 aromatic carbocycles. The molecular weight excluding hydrogens is 166 g/mol. The molecule has 0 saturated carbocycles. The average molecular weight is 179 g/mol. The highest BCUT2D eigenvalue weighted by molar-refractivity contribution is 5.85. The van der Waals surface area contributed by atoms with Crippen LogP contribution in [-0.2, 0) is 4.79 Å². The normalized spacial score (nSPS) is 16.6. The second kappa shape index (κ2) is 3.62. The summed E-state index contributed by atoms with van der Waals surface area (Å²) in [7, 11) is 0. The maximum atomic E-state index is 11.3. The van der Waals surface area contributed by atoms with Crippen LogP contribution in [-0.4, -0.2) is 35.1 Å². The van der Waals surface area contributed by atoms with E-state index in [0.29, 0.717) is 6.54 Å². The van der Waals surface area contributed by atoms with Crippen LogP contribution in [0.5, 0.6) is 0 Å². The summed E-state index contributed by atoms with van der Waals surface area (Å²) in [5.41, 5.74) is 2.76. The smallest absolute Gasteiger partial charge is 0.252 e. The van der Waals surface area contributed by atoms with Crippen molar-refractivity contribution >= 4 is 5.91 Å². The van der Waals surface area contributed by atoms with Crippen molar-refractivity contribution in [3.63, 3.8) is 0 Å². The Morgan fingerprint density at radius 2 is 2.00 bits per heavy atom. The van der Waals surface area contributed by atoms with Crippen molar-refractivity contribution in [3.05, 3.63) is 24.5 Å². The Labute approximate surface area is 77.1 Å². The number of likely N-dealkylation sites (tertiary alicyclic amines) is 1. The van der Waals surface area contributed by atoms with Gasteiger partial charge in [0.15, 0.2) is 0 Å². The number of carbonyl (C=O) groups is 1. The molecular formula is C9H13N3O. The van der Waals surface area contributed by atoms with E-state index in [1.165, 1.54) is 6.42 Å². The van der Waals surface area contributed by atoms with Gasteiger partial charge < -0.3 is 0 Å². The third-order valence-corrected chi connectivity index (χ3v) is 2.17. The highest BCUT2D eigenvalue weighted by atomic mass is 16.2. The Bertz CT molecular complexity index is 277. The van der Waals surface area contributed by atoms with Crippen molar-refractivity contribution in [3.8, 4) is 0 Å². The van der Waals surface area contributed by atoms with Crippen molar-refractivity contribution in [2.24, 2.45) is 0 Å². The SMILES string of the molecule is O=C(CN1CCC1)Nn1cccc1. The van der Waals surface area contributed by atoms with E-state index in [1.807, 2.05) is 24.5 Å². The van der Waals surface area contributed by atoms with Gasteiger partial charge in [-0.3, -0.25) is 19.8 Å². The van der Waals surface area contributed by atoms with Gasteiger partial charge in [0.1, 0.15) is 0 Å². The van der Waals surface area contributed by atoms with Crippen LogP contribution < -0.4 is 5.43 Å². The van der Waals surface area contributed by atoms with Gasteiger partial charge in [-0.05, 0) is 31.6 Å². The first-order valence-corrected chi connectivity index (χ1v) is 4.50. The predicted molar refractivity (Wildman–Crippen MR) is 49.9 cm³/mol. The van der Waals surface area contributed by atoms with Crippen LogP contribution >= 0.6 is 0 Å². The first-order valence-electron chi connectivity index (χ1n) is 4.50. The number of amides is 1. The third kappa shape index (κ3) is 2.09. The molecule has 2 rings (SSSR count). The van der Waals surface area contributed by atoms with Gasteiger partial charge in [0, 0.05) is 12.4 Å². The lowest BCUT2D eigenvalue weighted by atomic mass is 10.2. The Kier molecular flexibility index (Phi) is 2.31. The number of nitrogens with one attached hydrogen (secondary N) is 1. The fourth-order valence-electron chi connectivity index (χ4n) is 1.33. The van der Waals surface area contributed by atoms with Crippen LogP contribution in [0.4, 0.5) is 0 Å². The molecule has 0 aliphatic carbocycles. The van der Waals surface area contributed by atoms with E-state index in [0.717, 1.165) is 13.1 Å². The quantitative estimate of drug-likeness (QED) is 0.723. The van der Waals surface area contributed by atoms with E-state index in [4.69, 9.17) is 0 Å². The molecule has 0 atom stereocenters. The predicted octanol–water partition coefficient (Wildman–Crippen LogP) is 0.264. The zero-order valence-electron chi connectivity index (χ0n) is 7.44. The molecule has 0 radical (unpaired) electrons. The molecule has 1 N–H and O–H groups in total. The maximum absolute atomic E-state index is 11.3. The van der Waals surface area contributed by atoms with Gasteiger partial charge in [-0.25, -0.2) is 0 Å². The van der Waals surface area contributed by atoms with Gasteiger partial charge in [-0.2, -0.15) is 0 Å². The van der Waals surface area contributed by atoms with E-state index in [2.05, 4.69) is 10.3 Å². The Balaban J connectivity index is 1.78. The topological polar surface area (TPSA) is 37.3 Å². The molecule has 0 bridgehead atoms. The molecule has 13 heavy (non-hydrogen) atoms. The molecule has 1 fully saturated rings. The summed E-state index contributed by atoms with van der Waals surface area (Å²) in [6.07, 6.45) is 4.85. The van der Waals surface area contributed by atoms with Crippen molar-refractivity contribution in [1.29, 1.82) is 0 Å². The molecule has 0 unspecified atom stereocenters. The Morgan fingerprint density at radius 3 is 2.54 bits per heavy atom. The number of nitrogens with zero attached hydrogens (tertiary/aromatic N) is 2. The summed E-state index contributed by atoms with van der Waals surface area (Å²) >= 11 is 0. The summed E-state index contributed by atoms with van der Waals surface area (Å²) in [5, 5.41) is 0. The van der Waals surface area contributed by atoms with E-state index >= 15 is 0 Å². The minimum atomic E-state index is 0.0518. The largest absolute Gasteiger partial charge is 0.294 e. The van der Waals surface area contributed by atoms with E-state index < -0.39 is 0 Å². The first kappa shape index (κ1) is 8.31. The van der Waals surface area contributed by atoms with Crippen molar-refractivity contribution in [2.45, 2.75) is 6.42 Å². The van der Waals surface area contributed by atoms with Crippen molar-refractivity contribution < 1.29 is 4.79 Å². The van der Waals surface area contributed by atoms with Crippen LogP contribution in [0, 0.1) is 0 Å². The van der Waals surface area contributed by atoms with Gasteiger partial charge in [-0.1, -0.05) is 0 Å². The number of aromatic nitrogens is 1. The molecule has 0 spiro atoms. The van der Waals surface area contributed by atoms with Crippen LogP contribution in [0.25, 0.3) is 0 Å². The first-order chi connectivity index (χ1) is 6.34. The minimum absolute atomic E-state index is 0.0518. The van der Waals surface area contributed by atoms with Crippen LogP contribution in [0.3, 0.4) is 0 Å². The number of hydrogen-bond donors (Lipinski definition) is 1. The van der Waals surface area contributed by atoms with E-state index in [9.17, 15) is 4.79 Å². The van der Waals surface area contributed by atoms with Gasteiger partial charge in [0.05, 0.1) is 6.54 Å². The van der Waals surface area contributed by atoms with Crippen LogP contribution in [0.2, 0.25) is 0 Å². The van der Waals surface area contributed by atoms with Gasteiger partial charge in [0.2, 0.25) is 0 Å². The highest BCUT2D eigenvalue weighted by Gasteiger charge is 2.16. The van der Waals surface area contributed by atoms with E-state index in [-0.39, 0.29) is 5.91 Å². The number of carbonyl (C=O) groups excluding carboxylic acids is 1. The van der Waals surface area contributed by atoms with Crippen molar-refractivity contribution in [2.75, 3.05) is 25.1 Å². The fourth-order valence-corrected chi connectivity index (χ4v) is 1.33. The summed E-state index contributed by atoms with van der Waals surface area (Å²) in [6, 6.07) is 3.76. The van der Waals surface area contributed by atoms with Crippen LogP contribution in [0.1, 0.15) is 6.42 Å². The molecule has 2 heterocycles. The molecule has 1 aliphatic heterocycles. The van der Waals surface area contributed by atoms with Crippen molar-refractivity contribution in [1.82, 2.24) is 9.58 Å². The zero-order valence-corrected chi connectivity index (χ0v) is 7.44. The number of rotatable bonds is 3. The Hall–Kier alpha value is -1.29. The summed E-state index contributed by atoms with van der Waals surface area (Å²) in [6.45, 7) is 2.62. The third-order valence-electron chi connectivity index (χ3n) is 2.17. The number of hydrogen-bond acceptors (Lipinski definition) is 2. The fraction of sp³-hybridized carbons (Fsp3) is 0.444. The molecule has 4 nitrogen and oxygen atoms in total. The van der Waals surface area contributed by atoms with Crippen LogP contribution in [0.15, 0.2) is 24.5 Å². The zero-order chi connectivity index (χ0) is 9.10. The molecule has 1 aromatic heterocycles. The second-order valence-corrected chi connectivity index (χ2v) is 3.25. The molecule has 4 heteroatoms. The summed E-state index contributed by atoms with van der Waals surface area (Å²) in [4.78, 5) is 13.5. The minimum Gasteiger partial charge on any atom is -0.294 e. The lowest BCUT2D eigenvalue weighted by Crippen LogP contribution is -2.43. The highest BCUT2D eigenvalue weighted by Crippen LogP contribution is 2.03. The molecule has 1 aliphatic rings. The standard InChI is InChI=1S/C9H13N3O/c13-9(8-11-4-3-5-11)10-12-6-1-2-7-12/h1-2,6-7H,3-5,8H2,(H,10,13). The second-order valence-electron chi connectivity index (χ2n) is 3.25. The molecule has 1 saturated heterocycles. The monoisotopic (exact) mass is 179 g/mol. The average Bonchev–Trinajstić information content (AvgIpc) is 2.49. The van der Waals surface area contributed by atoms with Gasteiger partial charge in [0.25, 0.3) is 5.91 Å². The van der Waals surface area contributed by atoms with Gasteiger partial charge in [-0.15, -0.1) is 0 Å². The molecule has 70 valence electrons. The Morgan fingerprint density at radius 1 is 1.31 bits per heavy atom. The summed E-state index contributed by atoms with van der Waals surface area (Å²) < 4.78 is 1.67. The maximum Gasteiger partial charge on any atom is 0.252 e. The van der Waals surface area contributed by atoms with Gasteiger partial charge >= 0.3 is 0 Å². The lowest BCUT2D eigenvalue weighted by Gasteiger charge is -2.29.